The van der Waals surface area contributed by atoms with Crippen LogP contribution in [0, 0.1) is 0 Å². The summed E-state index contributed by atoms with van der Waals surface area (Å²) in [5, 5.41) is 3.67. The van der Waals surface area contributed by atoms with Crippen molar-refractivity contribution in [2.24, 2.45) is 0 Å². The molecule has 5 nitrogen and oxygen atoms in total. The van der Waals surface area contributed by atoms with Crippen molar-refractivity contribution in [3.63, 3.8) is 0 Å². The van der Waals surface area contributed by atoms with E-state index in [0.717, 1.165) is 12.1 Å². The molecule has 0 aliphatic carbocycles. The second-order valence-electron chi connectivity index (χ2n) is 6.87. The van der Waals surface area contributed by atoms with E-state index in [1.807, 2.05) is 6.26 Å². The van der Waals surface area contributed by atoms with E-state index >= 15 is 0 Å². The van der Waals surface area contributed by atoms with Crippen molar-refractivity contribution >= 4 is 29.3 Å². The molecule has 0 spiro atoms. The molecule has 1 aliphatic heterocycles. The van der Waals surface area contributed by atoms with Crippen LogP contribution in [0.5, 0.6) is 0 Å². The van der Waals surface area contributed by atoms with Gasteiger partial charge in [-0.05, 0) is 43.7 Å². The minimum absolute atomic E-state index is 0.215. The minimum Gasteiger partial charge on any atom is -0.347 e. The molecule has 7 heteroatoms. The van der Waals surface area contributed by atoms with E-state index < -0.39 is 0 Å². The number of carbonyl (C=O) groups excluding carboxylic acids is 1. The number of hydrogen-bond donors (Lipinski definition) is 1. The zero-order chi connectivity index (χ0) is 19.2. The van der Waals surface area contributed by atoms with E-state index in [1.54, 1.807) is 0 Å². The van der Waals surface area contributed by atoms with E-state index in [0.29, 0.717) is 17.7 Å². The number of nitrogens with zero attached hydrogens (tertiary/aromatic N) is 3. The highest BCUT2D eigenvalue weighted by Gasteiger charge is 2.18. The molecule has 1 saturated heterocycles. The van der Waals surface area contributed by atoms with Crippen molar-refractivity contribution in [3.8, 4) is 0 Å². The standard InChI is InChI=1S/C20H25ClN4OS/c1-14-5-3-4-10-25(14)13-16-8-6-15(7-9-16)11-22-19(26)18-17(21)12-23-20(24-18)27-2/h6-9,12,14H,3-5,10-11,13H2,1-2H3,(H,22,26). The van der Waals surface area contributed by atoms with Crippen LogP contribution in [-0.2, 0) is 13.1 Å². The van der Waals surface area contributed by atoms with Gasteiger partial charge in [0.05, 0.1) is 11.2 Å². The number of likely N-dealkylation sites (tertiary alicyclic amines) is 1. The molecular formula is C20H25ClN4OS. The first-order valence-corrected chi connectivity index (χ1v) is 10.8. The van der Waals surface area contributed by atoms with Crippen LogP contribution >= 0.6 is 23.4 Å². The van der Waals surface area contributed by atoms with Crippen LogP contribution in [0.2, 0.25) is 5.02 Å². The van der Waals surface area contributed by atoms with Crippen molar-refractivity contribution < 1.29 is 4.79 Å². The van der Waals surface area contributed by atoms with Gasteiger partial charge in [-0.1, -0.05) is 54.0 Å². The van der Waals surface area contributed by atoms with Gasteiger partial charge in [0.2, 0.25) is 0 Å². The maximum absolute atomic E-state index is 12.4. The molecule has 1 N–H and O–H groups in total. The zero-order valence-electron chi connectivity index (χ0n) is 15.7. The van der Waals surface area contributed by atoms with Gasteiger partial charge in [0.15, 0.2) is 10.9 Å². The number of nitrogens with one attached hydrogen (secondary N) is 1. The Hall–Kier alpha value is -1.63. The molecule has 2 aromatic rings. The normalized spacial score (nSPS) is 17.7. The third kappa shape index (κ3) is 5.43. The molecule has 1 aromatic carbocycles. The van der Waals surface area contributed by atoms with Crippen LogP contribution in [0.3, 0.4) is 0 Å². The molecule has 3 rings (SSSR count). The lowest BCUT2D eigenvalue weighted by molar-refractivity contribution is 0.0945. The molecule has 1 amide bonds. The van der Waals surface area contributed by atoms with E-state index in [4.69, 9.17) is 11.6 Å². The minimum atomic E-state index is -0.288. The van der Waals surface area contributed by atoms with Gasteiger partial charge in [-0.15, -0.1) is 0 Å². The van der Waals surface area contributed by atoms with Crippen molar-refractivity contribution in [2.75, 3.05) is 12.8 Å². The molecule has 1 unspecified atom stereocenters. The highest BCUT2D eigenvalue weighted by Crippen LogP contribution is 2.20. The van der Waals surface area contributed by atoms with Gasteiger partial charge < -0.3 is 5.32 Å². The average molecular weight is 405 g/mol. The Kier molecular flexibility index (Phi) is 7.10. The number of rotatable bonds is 6. The monoisotopic (exact) mass is 404 g/mol. The van der Waals surface area contributed by atoms with Gasteiger partial charge in [0, 0.05) is 19.1 Å². The Morgan fingerprint density at radius 2 is 2.04 bits per heavy atom. The predicted molar refractivity (Wildman–Crippen MR) is 110 cm³/mol. The topological polar surface area (TPSA) is 58.1 Å². The summed E-state index contributed by atoms with van der Waals surface area (Å²) in [4.78, 5) is 23.2. The summed E-state index contributed by atoms with van der Waals surface area (Å²) in [6.45, 7) is 4.91. The number of thioether (sulfide) groups is 1. The molecule has 2 heterocycles. The molecule has 144 valence electrons. The fraction of sp³-hybridized carbons (Fsp3) is 0.450. The fourth-order valence-corrected chi connectivity index (χ4v) is 3.78. The summed E-state index contributed by atoms with van der Waals surface area (Å²) >= 11 is 7.43. The van der Waals surface area contributed by atoms with Gasteiger partial charge in [-0.2, -0.15) is 0 Å². The van der Waals surface area contributed by atoms with Gasteiger partial charge in [-0.25, -0.2) is 9.97 Å². The average Bonchev–Trinajstić information content (AvgIpc) is 2.69. The summed E-state index contributed by atoms with van der Waals surface area (Å²) in [5.74, 6) is -0.288. The Balaban J connectivity index is 1.56. The first-order valence-electron chi connectivity index (χ1n) is 9.23. The highest BCUT2D eigenvalue weighted by atomic mass is 35.5. The van der Waals surface area contributed by atoms with Crippen molar-refractivity contribution in [1.82, 2.24) is 20.2 Å². The van der Waals surface area contributed by atoms with Crippen molar-refractivity contribution in [2.45, 2.75) is 50.5 Å². The lowest BCUT2D eigenvalue weighted by Gasteiger charge is -2.33. The van der Waals surface area contributed by atoms with Crippen LogP contribution in [0.4, 0.5) is 0 Å². The van der Waals surface area contributed by atoms with Crippen molar-refractivity contribution in [3.05, 3.63) is 52.3 Å². The molecule has 1 aromatic heterocycles. The quantitative estimate of drug-likeness (QED) is 0.578. The number of amides is 1. The van der Waals surface area contributed by atoms with Crippen LogP contribution in [0.25, 0.3) is 0 Å². The second kappa shape index (κ2) is 9.53. The van der Waals surface area contributed by atoms with Gasteiger partial charge in [0.1, 0.15) is 0 Å². The number of hydrogen-bond acceptors (Lipinski definition) is 5. The Bertz CT molecular complexity index is 784. The molecule has 1 fully saturated rings. The van der Waals surface area contributed by atoms with E-state index in [2.05, 4.69) is 51.4 Å². The summed E-state index contributed by atoms with van der Waals surface area (Å²) in [6, 6.07) is 9.08. The SMILES string of the molecule is CSc1ncc(Cl)c(C(=O)NCc2ccc(CN3CCCCC3C)cc2)n1. The number of benzene rings is 1. The van der Waals surface area contributed by atoms with Crippen LogP contribution < -0.4 is 5.32 Å². The summed E-state index contributed by atoms with van der Waals surface area (Å²) in [5.41, 5.74) is 2.57. The molecular weight excluding hydrogens is 380 g/mol. The van der Waals surface area contributed by atoms with E-state index in [1.165, 1.54) is 49.3 Å². The van der Waals surface area contributed by atoms with Gasteiger partial charge in [0.25, 0.3) is 5.91 Å². The largest absolute Gasteiger partial charge is 0.347 e. The molecule has 27 heavy (non-hydrogen) atoms. The zero-order valence-corrected chi connectivity index (χ0v) is 17.3. The first kappa shape index (κ1) is 20.1. The van der Waals surface area contributed by atoms with E-state index in [9.17, 15) is 4.79 Å². The molecule has 0 bridgehead atoms. The third-order valence-corrected chi connectivity index (χ3v) is 5.76. The van der Waals surface area contributed by atoms with Crippen LogP contribution in [-0.4, -0.2) is 39.6 Å². The lowest BCUT2D eigenvalue weighted by atomic mass is 10.0. The fourth-order valence-electron chi connectivity index (χ4n) is 3.26. The summed E-state index contributed by atoms with van der Waals surface area (Å²) < 4.78 is 0. The Morgan fingerprint density at radius 1 is 1.30 bits per heavy atom. The number of piperidine rings is 1. The Morgan fingerprint density at radius 3 is 2.74 bits per heavy atom. The summed E-state index contributed by atoms with van der Waals surface area (Å²) in [6.07, 6.45) is 7.24. The number of halogens is 1. The second-order valence-corrected chi connectivity index (χ2v) is 8.05. The molecule has 1 atom stereocenters. The maximum atomic E-state index is 12.4. The molecule has 0 radical (unpaired) electrons. The third-order valence-electron chi connectivity index (χ3n) is 4.92. The lowest BCUT2D eigenvalue weighted by Crippen LogP contribution is -2.36. The van der Waals surface area contributed by atoms with Crippen molar-refractivity contribution in [1.29, 1.82) is 0 Å². The van der Waals surface area contributed by atoms with E-state index in [-0.39, 0.29) is 16.6 Å². The Labute approximate surface area is 169 Å². The van der Waals surface area contributed by atoms with Gasteiger partial charge >= 0.3 is 0 Å². The molecule has 1 aliphatic rings. The predicted octanol–water partition coefficient (Wildman–Crippen LogP) is 4.16. The van der Waals surface area contributed by atoms with Crippen LogP contribution in [0.15, 0.2) is 35.6 Å². The first-order chi connectivity index (χ1) is 13.1. The van der Waals surface area contributed by atoms with Crippen LogP contribution in [0.1, 0.15) is 47.8 Å². The summed E-state index contributed by atoms with van der Waals surface area (Å²) in [7, 11) is 0. The smallest absolute Gasteiger partial charge is 0.271 e. The molecule has 0 saturated carbocycles. The maximum Gasteiger partial charge on any atom is 0.271 e. The number of aromatic nitrogens is 2. The van der Waals surface area contributed by atoms with Gasteiger partial charge in [-0.3, -0.25) is 9.69 Å². The number of carbonyl (C=O) groups is 1. The highest BCUT2D eigenvalue weighted by molar-refractivity contribution is 7.98.